The smallest absolute Gasteiger partial charge is 0.107 e. The first-order valence-corrected chi connectivity index (χ1v) is 5.90. The van der Waals surface area contributed by atoms with E-state index in [0.717, 1.165) is 13.1 Å². The van der Waals surface area contributed by atoms with E-state index in [4.69, 9.17) is 0 Å². The van der Waals surface area contributed by atoms with Gasteiger partial charge in [0.25, 0.3) is 0 Å². The Labute approximate surface area is 83.4 Å². The van der Waals surface area contributed by atoms with Crippen LogP contribution in [-0.2, 0) is 19.4 Å². The molecular weight excluding hydrogens is 180 g/mol. The van der Waals surface area contributed by atoms with Gasteiger partial charge in [0.2, 0.25) is 0 Å². The van der Waals surface area contributed by atoms with Crippen LogP contribution >= 0.6 is 11.3 Å². The van der Waals surface area contributed by atoms with E-state index in [-0.39, 0.29) is 0 Å². The van der Waals surface area contributed by atoms with E-state index in [1.807, 2.05) is 11.3 Å². The number of hydrogen-bond donors (Lipinski definition) is 1. The van der Waals surface area contributed by atoms with Gasteiger partial charge < -0.3 is 5.32 Å². The summed E-state index contributed by atoms with van der Waals surface area (Å²) in [5.41, 5.74) is 1.37. The van der Waals surface area contributed by atoms with Gasteiger partial charge in [-0.25, -0.2) is 4.98 Å². The van der Waals surface area contributed by atoms with Gasteiger partial charge in [-0.3, -0.25) is 0 Å². The van der Waals surface area contributed by atoms with Gasteiger partial charge in [-0.05, 0) is 32.2 Å². The third-order valence-electron chi connectivity index (χ3n) is 2.34. The molecule has 1 heterocycles. The van der Waals surface area contributed by atoms with E-state index in [9.17, 15) is 0 Å². The number of nitrogens with one attached hydrogen (secondary N) is 1. The Morgan fingerprint density at radius 2 is 2.38 bits per heavy atom. The third kappa shape index (κ3) is 2.09. The largest absolute Gasteiger partial charge is 0.310 e. The monoisotopic (exact) mass is 196 g/mol. The molecule has 1 N–H and O–H groups in total. The second-order valence-electron chi connectivity index (χ2n) is 3.51. The van der Waals surface area contributed by atoms with Crippen molar-refractivity contribution in [2.75, 3.05) is 6.54 Å². The average molecular weight is 196 g/mol. The van der Waals surface area contributed by atoms with E-state index in [0.29, 0.717) is 0 Å². The number of hydrogen-bond acceptors (Lipinski definition) is 3. The molecule has 0 saturated heterocycles. The first kappa shape index (κ1) is 9.16. The first-order chi connectivity index (χ1) is 6.40. The zero-order chi connectivity index (χ0) is 9.10. The van der Waals surface area contributed by atoms with Crippen LogP contribution in [0.4, 0.5) is 0 Å². The van der Waals surface area contributed by atoms with Gasteiger partial charge in [-0.15, -0.1) is 11.3 Å². The summed E-state index contributed by atoms with van der Waals surface area (Å²) in [7, 11) is 0. The van der Waals surface area contributed by atoms with Crippen molar-refractivity contribution in [3.63, 3.8) is 0 Å². The molecular formula is C10H16N2S. The number of nitrogens with zero attached hydrogens (tertiary/aromatic N) is 1. The van der Waals surface area contributed by atoms with Crippen molar-refractivity contribution in [2.24, 2.45) is 0 Å². The van der Waals surface area contributed by atoms with Crippen LogP contribution in [0.25, 0.3) is 0 Å². The minimum Gasteiger partial charge on any atom is -0.310 e. The van der Waals surface area contributed by atoms with E-state index in [2.05, 4.69) is 17.2 Å². The van der Waals surface area contributed by atoms with Gasteiger partial charge in [0.15, 0.2) is 0 Å². The van der Waals surface area contributed by atoms with Crippen LogP contribution in [0.5, 0.6) is 0 Å². The molecule has 1 aliphatic carbocycles. The van der Waals surface area contributed by atoms with Crippen LogP contribution in [0.2, 0.25) is 0 Å². The summed E-state index contributed by atoms with van der Waals surface area (Å²) in [6.45, 7) is 4.25. The van der Waals surface area contributed by atoms with Crippen LogP contribution in [0, 0.1) is 0 Å². The second kappa shape index (κ2) is 4.20. The predicted molar refractivity (Wildman–Crippen MR) is 56.1 cm³/mol. The highest BCUT2D eigenvalue weighted by atomic mass is 32.1. The first-order valence-electron chi connectivity index (χ1n) is 5.08. The average Bonchev–Trinajstić information content (AvgIpc) is 2.64. The van der Waals surface area contributed by atoms with Crippen molar-refractivity contribution in [2.45, 2.75) is 39.2 Å². The van der Waals surface area contributed by atoms with Gasteiger partial charge in [0.05, 0.1) is 5.69 Å². The zero-order valence-corrected chi connectivity index (χ0v) is 8.91. The molecule has 0 aliphatic heterocycles. The molecule has 3 heteroatoms. The van der Waals surface area contributed by atoms with Crippen molar-refractivity contribution >= 4 is 11.3 Å². The lowest BCUT2D eigenvalue weighted by molar-refractivity contribution is 0.671. The predicted octanol–water partition coefficient (Wildman–Crippen LogP) is 2.13. The normalized spacial score (nSPS) is 14.8. The number of aryl methyl sites for hydroxylation is 2. The molecule has 0 bridgehead atoms. The summed E-state index contributed by atoms with van der Waals surface area (Å²) < 4.78 is 0. The van der Waals surface area contributed by atoms with Gasteiger partial charge in [-0.1, -0.05) is 6.92 Å². The summed E-state index contributed by atoms with van der Waals surface area (Å²) in [4.78, 5) is 6.15. The number of aromatic nitrogens is 1. The second-order valence-corrected chi connectivity index (χ2v) is 4.68. The topological polar surface area (TPSA) is 24.9 Å². The minimum absolute atomic E-state index is 0.964. The van der Waals surface area contributed by atoms with Crippen LogP contribution in [0.15, 0.2) is 0 Å². The van der Waals surface area contributed by atoms with E-state index in [1.165, 1.54) is 41.3 Å². The quantitative estimate of drug-likeness (QED) is 0.746. The number of fused-ring (bicyclic) bond motifs is 1. The summed E-state index contributed by atoms with van der Waals surface area (Å²) in [6.07, 6.45) is 4.99. The molecule has 0 unspecified atom stereocenters. The lowest BCUT2D eigenvalue weighted by atomic mass is 10.4. The minimum atomic E-state index is 0.964. The molecule has 2 rings (SSSR count). The Morgan fingerprint density at radius 1 is 1.46 bits per heavy atom. The number of thiazole rings is 1. The maximum Gasteiger partial charge on any atom is 0.107 e. The third-order valence-corrected chi connectivity index (χ3v) is 3.50. The van der Waals surface area contributed by atoms with Gasteiger partial charge >= 0.3 is 0 Å². The molecule has 0 spiro atoms. The van der Waals surface area contributed by atoms with E-state index < -0.39 is 0 Å². The van der Waals surface area contributed by atoms with E-state index in [1.54, 1.807) is 0 Å². The standard InChI is InChI=1S/C10H16N2S/c1-2-6-11-7-10-12-8-4-3-5-9(8)13-10/h11H,2-7H2,1H3. The lowest BCUT2D eigenvalue weighted by Gasteiger charge is -1.98. The molecule has 0 aromatic carbocycles. The summed E-state index contributed by atoms with van der Waals surface area (Å²) in [5, 5.41) is 4.66. The molecule has 0 atom stereocenters. The van der Waals surface area contributed by atoms with Gasteiger partial charge in [0.1, 0.15) is 5.01 Å². The molecule has 1 aromatic heterocycles. The highest BCUT2D eigenvalue weighted by Crippen LogP contribution is 2.27. The SMILES string of the molecule is CCCNCc1nc2c(s1)CCC2. The van der Waals surface area contributed by atoms with Crippen LogP contribution in [-0.4, -0.2) is 11.5 Å². The highest BCUT2D eigenvalue weighted by Gasteiger charge is 2.15. The van der Waals surface area contributed by atoms with Gasteiger partial charge in [-0.2, -0.15) is 0 Å². The molecule has 0 amide bonds. The van der Waals surface area contributed by atoms with Gasteiger partial charge in [0, 0.05) is 11.4 Å². The fourth-order valence-electron chi connectivity index (χ4n) is 1.69. The summed E-state index contributed by atoms with van der Waals surface area (Å²) >= 11 is 1.90. The van der Waals surface area contributed by atoms with Crippen LogP contribution in [0.1, 0.15) is 35.3 Å². The Hall–Kier alpha value is -0.410. The lowest BCUT2D eigenvalue weighted by Crippen LogP contribution is -2.13. The molecule has 1 aromatic rings. The maximum atomic E-state index is 4.62. The molecule has 0 radical (unpaired) electrons. The Kier molecular flexibility index (Phi) is 2.96. The molecule has 72 valence electrons. The van der Waals surface area contributed by atoms with Crippen molar-refractivity contribution in [1.82, 2.24) is 10.3 Å². The van der Waals surface area contributed by atoms with Crippen LogP contribution in [0.3, 0.4) is 0 Å². The van der Waals surface area contributed by atoms with E-state index >= 15 is 0 Å². The Bertz CT molecular complexity index is 259. The molecule has 13 heavy (non-hydrogen) atoms. The highest BCUT2D eigenvalue weighted by molar-refractivity contribution is 7.11. The van der Waals surface area contributed by atoms with Crippen molar-refractivity contribution < 1.29 is 0 Å². The fraction of sp³-hybridized carbons (Fsp3) is 0.700. The Morgan fingerprint density at radius 3 is 3.15 bits per heavy atom. The fourth-order valence-corrected chi connectivity index (χ4v) is 2.82. The van der Waals surface area contributed by atoms with Crippen molar-refractivity contribution in [1.29, 1.82) is 0 Å². The zero-order valence-electron chi connectivity index (χ0n) is 8.10. The molecule has 0 saturated carbocycles. The maximum absolute atomic E-state index is 4.62. The molecule has 2 nitrogen and oxygen atoms in total. The van der Waals surface area contributed by atoms with Crippen molar-refractivity contribution in [3.8, 4) is 0 Å². The van der Waals surface area contributed by atoms with Crippen LogP contribution < -0.4 is 5.32 Å². The molecule has 0 fully saturated rings. The molecule has 1 aliphatic rings. The van der Waals surface area contributed by atoms with Crippen molar-refractivity contribution in [3.05, 3.63) is 15.6 Å². The summed E-state index contributed by atoms with van der Waals surface area (Å²) in [5.74, 6) is 0. The number of rotatable bonds is 4. The Balaban J connectivity index is 1.91. The summed E-state index contributed by atoms with van der Waals surface area (Å²) in [6, 6.07) is 0.